The number of likely N-dealkylation sites (tertiary alicyclic amines) is 1. The Labute approximate surface area is 60.2 Å². The van der Waals surface area contributed by atoms with E-state index in [2.05, 4.69) is 6.07 Å². The van der Waals surface area contributed by atoms with Crippen molar-refractivity contribution < 1.29 is 4.79 Å². The Kier molecular flexibility index (Phi) is 2.41. The number of nitrogens with zero attached hydrogens (tertiary/aromatic N) is 2. The van der Waals surface area contributed by atoms with Crippen LogP contribution >= 0.6 is 0 Å². The van der Waals surface area contributed by atoms with E-state index in [-0.39, 0.29) is 6.04 Å². The summed E-state index contributed by atoms with van der Waals surface area (Å²) in [5, 5.41) is 8.48. The summed E-state index contributed by atoms with van der Waals surface area (Å²) < 4.78 is 0. The van der Waals surface area contributed by atoms with Gasteiger partial charge in [-0.2, -0.15) is 5.26 Å². The van der Waals surface area contributed by atoms with Crippen molar-refractivity contribution in [3.8, 4) is 6.07 Å². The molecule has 1 heterocycles. The van der Waals surface area contributed by atoms with Crippen LogP contribution in [0, 0.1) is 11.3 Å². The highest BCUT2D eigenvalue weighted by Crippen LogP contribution is 2.15. The molecular formula is C7H10N2O. The Morgan fingerprint density at radius 1 is 1.80 bits per heavy atom. The van der Waals surface area contributed by atoms with Crippen molar-refractivity contribution in [2.75, 3.05) is 13.1 Å². The summed E-state index contributed by atoms with van der Waals surface area (Å²) in [4.78, 5) is 12.0. The van der Waals surface area contributed by atoms with Gasteiger partial charge in [-0.25, -0.2) is 0 Å². The lowest BCUT2D eigenvalue weighted by molar-refractivity contribution is -0.108. The van der Waals surface area contributed by atoms with E-state index in [1.165, 1.54) is 0 Å². The molecule has 3 nitrogen and oxygen atoms in total. The first-order valence-electron chi connectivity index (χ1n) is 3.46. The number of carbonyl (C=O) groups is 1. The number of rotatable bonds is 3. The predicted molar refractivity (Wildman–Crippen MR) is 36.3 cm³/mol. The Morgan fingerprint density at radius 3 is 3.00 bits per heavy atom. The van der Waals surface area contributed by atoms with Crippen LogP contribution in [0.1, 0.15) is 12.8 Å². The van der Waals surface area contributed by atoms with Gasteiger partial charge >= 0.3 is 0 Å². The molecule has 0 amide bonds. The minimum absolute atomic E-state index is 0.0833. The molecule has 0 aromatic carbocycles. The highest BCUT2D eigenvalue weighted by atomic mass is 16.1. The second-order valence-corrected chi connectivity index (χ2v) is 2.42. The molecule has 1 rings (SSSR count). The van der Waals surface area contributed by atoms with Crippen molar-refractivity contribution >= 4 is 6.29 Å². The number of aldehydes is 1. The van der Waals surface area contributed by atoms with Gasteiger partial charge in [-0.1, -0.05) is 0 Å². The fourth-order valence-electron chi connectivity index (χ4n) is 1.07. The molecule has 3 heteroatoms. The monoisotopic (exact) mass is 138 g/mol. The van der Waals surface area contributed by atoms with Crippen LogP contribution in [0.2, 0.25) is 0 Å². The standard InChI is InChI=1S/C7H10N2O/c8-6-7-2-4-9(7)3-1-5-10/h5,7H,1-4H2. The molecule has 1 atom stereocenters. The van der Waals surface area contributed by atoms with Crippen LogP contribution in [0.15, 0.2) is 0 Å². The molecule has 0 radical (unpaired) electrons. The first-order chi connectivity index (χ1) is 4.88. The number of hydrogen-bond donors (Lipinski definition) is 0. The zero-order valence-corrected chi connectivity index (χ0v) is 5.79. The molecular weight excluding hydrogens is 128 g/mol. The first-order valence-corrected chi connectivity index (χ1v) is 3.46. The van der Waals surface area contributed by atoms with E-state index >= 15 is 0 Å². The van der Waals surface area contributed by atoms with Crippen molar-refractivity contribution in [3.05, 3.63) is 0 Å². The van der Waals surface area contributed by atoms with E-state index < -0.39 is 0 Å². The molecule has 0 saturated carbocycles. The van der Waals surface area contributed by atoms with Gasteiger partial charge in [0.15, 0.2) is 0 Å². The zero-order valence-electron chi connectivity index (χ0n) is 5.79. The summed E-state index contributed by atoms with van der Waals surface area (Å²) in [6, 6.07) is 2.25. The minimum Gasteiger partial charge on any atom is -0.303 e. The van der Waals surface area contributed by atoms with Crippen LogP contribution in [0.4, 0.5) is 0 Å². The van der Waals surface area contributed by atoms with Crippen LogP contribution in [0.5, 0.6) is 0 Å². The van der Waals surface area contributed by atoms with E-state index in [1.54, 1.807) is 0 Å². The molecule has 1 fully saturated rings. The SMILES string of the molecule is N#CC1CCN1CCC=O. The van der Waals surface area contributed by atoms with Crippen LogP contribution in [0.3, 0.4) is 0 Å². The molecule has 1 unspecified atom stereocenters. The number of carbonyl (C=O) groups excluding carboxylic acids is 1. The summed E-state index contributed by atoms with van der Waals surface area (Å²) in [6.45, 7) is 1.73. The third-order valence-corrected chi connectivity index (χ3v) is 1.81. The second-order valence-electron chi connectivity index (χ2n) is 2.42. The summed E-state index contributed by atoms with van der Waals surface area (Å²) in [6.07, 6.45) is 2.42. The highest BCUT2D eigenvalue weighted by molar-refractivity contribution is 5.49. The summed E-state index contributed by atoms with van der Waals surface area (Å²) >= 11 is 0. The molecule has 10 heavy (non-hydrogen) atoms. The van der Waals surface area contributed by atoms with Gasteiger partial charge in [0.2, 0.25) is 0 Å². The lowest BCUT2D eigenvalue weighted by atomic mass is 10.1. The van der Waals surface area contributed by atoms with Gasteiger partial charge in [0, 0.05) is 19.5 Å². The van der Waals surface area contributed by atoms with E-state index in [0.29, 0.717) is 6.42 Å². The van der Waals surface area contributed by atoms with Crippen LogP contribution in [-0.2, 0) is 4.79 Å². The van der Waals surface area contributed by atoms with E-state index in [4.69, 9.17) is 5.26 Å². The van der Waals surface area contributed by atoms with Crippen molar-refractivity contribution in [1.82, 2.24) is 4.90 Å². The molecule has 0 spiro atoms. The molecule has 0 bridgehead atoms. The summed E-state index contributed by atoms with van der Waals surface area (Å²) in [7, 11) is 0. The fourth-order valence-corrected chi connectivity index (χ4v) is 1.07. The maximum absolute atomic E-state index is 9.93. The molecule has 0 aromatic heterocycles. The fraction of sp³-hybridized carbons (Fsp3) is 0.714. The average molecular weight is 138 g/mol. The van der Waals surface area contributed by atoms with Gasteiger partial charge < -0.3 is 4.79 Å². The van der Waals surface area contributed by atoms with E-state index in [9.17, 15) is 4.79 Å². The van der Waals surface area contributed by atoms with Crippen LogP contribution in [-0.4, -0.2) is 30.3 Å². The molecule has 1 aliphatic heterocycles. The molecule has 1 saturated heterocycles. The van der Waals surface area contributed by atoms with Gasteiger partial charge in [-0.3, -0.25) is 4.90 Å². The predicted octanol–water partition coefficient (Wildman–Crippen LogP) is 0.173. The normalized spacial score (nSPS) is 24.9. The third kappa shape index (κ3) is 1.34. The number of hydrogen-bond acceptors (Lipinski definition) is 3. The molecule has 0 aromatic rings. The van der Waals surface area contributed by atoms with Crippen molar-refractivity contribution in [3.63, 3.8) is 0 Å². The summed E-state index contributed by atoms with van der Waals surface area (Å²) in [5.74, 6) is 0. The number of nitriles is 1. The van der Waals surface area contributed by atoms with Gasteiger partial charge in [-0.05, 0) is 6.42 Å². The van der Waals surface area contributed by atoms with Gasteiger partial charge in [0.05, 0.1) is 12.1 Å². The Morgan fingerprint density at radius 2 is 2.60 bits per heavy atom. The van der Waals surface area contributed by atoms with Crippen LogP contribution < -0.4 is 0 Å². The van der Waals surface area contributed by atoms with E-state index in [0.717, 1.165) is 25.8 Å². The largest absolute Gasteiger partial charge is 0.303 e. The van der Waals surface area contributed by atoms with Gasteiger partial charge in [0.25, 0.3) is 0 Å². The average Bonchev–Trinajstić information content (AvgIpc) is 1.88. The molecule has 0 N–H and O–H groups in total. The van der Waals surface area contributed by atoms with Crippen molar-refractivity contribution in [2.45, 2.75) is 18.9 Å². The highest BCUT2D eigenvalue weighted by Gasteiger charge is 2.26. The lowest BCUT2D eigenvalue weighted by Gasteiger charge is -2.35. The lowest BCUT2D eigenvalue weighted by Crippen LogP contribution is -2.47. The smallest absolute Gasteiger partial charge is 0.121 e. The Balaban J connectivity index is 2.18. The quantitative estimate of drug-likeness (QED) is 0.522. The van der Waals surface area contributed by atoms with Crippen molar-refractivity contribution in [2.24, 2.45) is 0 Å². The Bertz CT molecular complexity index is 161. The van der Waals surface area contributed by atoms with Gasteiger partial charge in [0.1, 0.15) is 6.29 Å². The van der Waals surface area contributed by atoms with Crippen LogP contribution in [0.25, 0.3) is 0 Å². The first kappa shape index (κ1) is 7.23. The zero-order chi connectivity index (χ0) is 7.40. The maximum Gasteiger partial charge on any atom is 0.121 e. The third-order valence-electron chi connectivity index (χ3n) is 1.81. The topological polar surface area (TPSA) is 44.1 Å². The van der Waals surface area contributed by atoms with Gasteiger partial charge in [-0.15, -0.1) is 0 Å². The second kappa shape index (κ2) is 3.33. The molecule has 1 aliphatic rings. The molecule has 0 aliphatic carbocycles. The molecule has 54 valence electrons. The summed E-state index contributed by atoms with van der Waals surface area (Å²) in [5.41, 5.74) is 0. The Hall–Kier alpha value is -0.880. The van der Waals surface area contributed by atoms with Crippen molar-refractivity contribution in [1.29, 1.82) is 5.26 Å². The van der Waals surface area contributed by atoms with E-state index in [1.807, 2.05) is 4.90 Å². The maximum atomic E-state index is 9.93. The minimum atomic E-state index is 0.0833.